The van der Waals surface area contributed by atoms with Gasteiger partial charge in [0.25, 0.3) is 0 Å². The van der Waals surface area contributed by atoms with Gasteiger partial charge in [-0.15, -0.1) is 0 Å². The van der Waals surface area contributed by atoms with Crippen molar-refractivity contribution >= 4 is 5.69 Å². The van der Waals surface area contributed by atoms with Crippen molar-refractivity contribution in [2.75, 3.05) is 46.4 Å². The first-order chi connectivity index (χ1) is 14.6. The van der Waals surface area contributed by atoms with E-state index in [1.165, 1.54) is 0 Å². The summed E-state index contributed by atoms with van der Waals surface area (Å²) >= 11 is 0. The van der Waals surface area contributed by atoms with Gasteiger partial charge in [0, 0.05) is 24.7 Å². The Labute approximate surface area is 177 Å². The molecule has 2 aromatic rings. The Hall–Kier alpha value is -2.73. The van der Waals surface area contributed by atoms with Crippen molar-refractivity contribution in [3.63, 3.8) is 0 Å². The highest BCUT2D eigenvalue weighted by molar-refractivity contribution is 5.83. The molecule has 1 fully saturated rings. The summed E-state index contributed by atoms with van der Waals surface area (Å²) in [6.45, 7) is 1.87. The van der Waals surface area contributed by atoms with Crippen molar-refractivity contribution in [3.05, 3.63) is 45.6 Å². The summed E-state index contributed by atoms with van der Waals surface area (Å²) in [6, 6.07) is 7.97. The quantitative estimate of drug-likeness (QED) is 0.814. The molecule has 1 aliphatic carbocycles. The van der Waals surface area contributed by atoms with Crippen LogP contribution in [0.4, 0.5) is 5.69 Å². The van der Waals surface area contributed by atoms with Gasteiger partial charge < -0.3 is 24.4 Å². The number of anilines is 1. The third kappa shape index (κ3) is 3.39. The summed E-state index contributed by atoms with van der Waals surface area (Å²) in [5.74, 6) is 1.87. The van der Waals surface area contributed by atoms with E-state index < -0.39 is 0 Å². The lowest BCUT2D eigenvalue weighted by atomic mass is 9.95. The Kier molecular flexibility index (Phi) is 5.86. The van der Waals surface area contributed by atoms with E-state index in [-0.39, 0.29) is 11.5 Å². The third-order valence-electron chi connectivity index (χ3n) is 6.31. The van der Waals surface area contributed by atoms with Gasteiger partial charge in [0.05, 0.1) is 27.0 Å². The van der Waals surface area contributed by atoms with Crippen LogP contribution < -0.4 is 29.9 Å². The molecule has 30 heavy (non-hydrogen) atoms. The Bertz CT molecular complexity index is 999. The number of nitrogens with zero attached hydrogens (tertiary/aromatic N) is 1. The average molecular weight is 411 g/mol. The van der Waals surface area contributed by atoms with Crippen molar-refractivity contribution in [1.29, 1.82) is 0 Å². The van der Waals surface area contributed by atoms with E-state index in [0.29, 0.717) is 17.2 Å². The zero-order chi connectivity index (χ0) is 21.3. The van der Waals surface area contributed by atoms with Crippen LogP contribution in [0.5, 0.6) is 17.2 Å². The van der Waals surface area contributed by atoms with Crippen LogP contribution in [0, 0.1) is 0 Å². The zero-order valence-corrected chi connectivity index (χ0v) is 18.2. The molecule has 6 heteroatoms. The van der Waals surface area contributed by atoms with Crippen LogP contribution in [0.3, 0.4) is 0 Å². The molecule has 1 atom stereocenters. The SMILES string of the molecule is CN[C@@H]1CCc2cc(OC)c(OC)c(OC)c2-c2ccc(N3CCCC3)c(=O)cc21. The minimum atomic E-state index is 0.0700. The standard InChI is InChI=1S/C24H30N2O4/c1-25-18-9-7-15-13-21(28-2)23(29-3)24(30-4)22(15)16-8-10-19(20(27)14-17(16)18)26-11-5-6-12-26/h8,10,13-14,18,25H,5-7,9,11-12H2,1-4H3/t18-/m1/s1. The molecule has 1 heterocycles. The Morgan fingerprint density at radius 1 is 1.00 bits per heavy atom. The average Bonchev–Trinajstić information content (AvgIpc) is 3.18. The lowest BCUT2D eigenvalue weighted by Crippen LogP contribution is -2.23. The van der Waals surface area contributed by atoms with Crippen LogP contribution in [0.25, 0.3) is 11.1 Å². The number of hydrogen-bond acceptors (Lipinski definition) is 6. The van der Waals surface area contributed by atoms with Gasteiger partial charge >= 0.3 is 0 Å². The monoisotopic (exact) mass is 410 g/mol. The lowest BCUT2D eigenvalue weighted by Gasteiger charge is -2.19. The number of benzene rings is 1. The number of aryl methyl sites for hydroxylation is 1. The largest absolute Gasteiger partial charge is 0.493 e. The molecule has 2 aliphatic rings. The highest BCUT2D eigenvalue weighted by Gasteiger charge is 2.29. The second-order valence-electron chi connectivity index (χ2n) is 7.85. The predicted octanol–water partition coefficient (Wildman–Crippen LogP) is 3.55. The highest BCUT2D eigenvalue weighted by Crippen LogP contribution is 2.50. The van der Waals surface area contributed by atoms with Crippen molar-refractivity contribution in [3.8, 4) is 28.4 Å². The molecule has 4 rings (SSSR count). The van der Waals surface area contributed by atoms with Gasteiger partial charge in [0.1, 0.15) is 0 Å². The molecule has 0 radical (unpaired) electrons. The summed E-state index contributed by atoms with van der Waals surface area (Å²) < 4.78 is 17.1. The summed E-state index contributed by atoms with van der Waals surface area (Å²) in [4.78, 5) is 15.4. The summed E-state index contributed by atoms with van der Waals surface area (Å²) in [5, 5.41) is 3.40. The highest BCUT2D eigenvalue weighted by atomic mass is 16.5. The molecule has 0 bridgehead atoms. The van der Waals surface area contributed by atoms with E-state index in [1.807, 2.05) is 25.2 Å². The Morgan fingerprint density at radius 2 is 1.73 bits per heavy atom. The van der Waals surface area contributed by atoms with Gasteiger partial charge in [-0.25, -0.2) is 0 Å². The Balaban J connectivity index is 2.02. The molecule has 6 nitrogen and oxygen atoms in total. The molecule has 0 spiro atoms. The topological polar surface area (TPSA) is 60.0 Å². The van der Waals surface area contributed by atoms with E-state index >= 15 is 0 Å². The van der Waals surface area contributed by atoms with Gasteiger partial charge in [0.2, 0.25) is 11.2 Å². The fourth-order valence-electron chi connectivity index (χ4n) is 4.82. The first kappa shape index (κ1) is 20.5. The van der Waals surface area contributed by atoms with E-state index in [1.54, 1.807) is 21.3 Å². The molecule has 160 valence electrons. The number of rotatable bonds is 5. The van der Waals surface area contributed by atoms with Crippen LogP contribution in [-0.4, -0.2) is 41.5 Å². The van der Waals surface area contributed by atoms with Crippen LogP contribution in [0.1, 0.15) is 36.4 Å². The molecular formula is C24H30N2O4. The van der Waals surface area contributed by atoms with Crippen molar-refractivity contribution in [2.24, 2.45) is 0 Å². The summed E-state index contributed by atoms with van der Waals surface area (Å²) in [6.07, 6.45) is 3.97. The fourth-order valence-corrected chi connectivity index (χ4v) is 4.82. The first-order valence-corrected chi connectivity index (χ1v) is 10.6. The number of nitrogens with one attached hydrogen (secondary N) is 1. The van der Waals surface area contributed by atoms with Gasteiger partial charge in [-0.3, -0.25) is 4.79 Å². The second kappa shape index (κ2) is 8.56. The minimum Gasteiger partial charge on any atom is -0.493 e. The van der Waals surface area contributed by atoms with E-state index in [4.69, 9.17) is 14.2 Å². The zero-order valence-electron chi connectivity index (χ0n) is 18.2. The maximum Gasteiger partial charge on any atom is 0.203 e. The minimum absolute atomic E-state index is 0.0700. The molecule has 1 aliphatic heterocycles. The van der Waals surface area contributed by atoms with Gasteiger partial charge in [0.15, 0.2) is 11.5 Å². The van der Waals surface area contributed by atoms with Crippen LogP contribution >= 0.6 is 0 Å². The molecular weight excluding hydrogens is 380 g/mol. The smallest absolute Gasteiger partial charge is 0.203 e. The maximum absolute atomic E-state index is 13.2. The van der Waals surface area contributed by atoms with Crippen molar-refractivity contribution in [2.45, 2.75) is 31.7 Å². The number of methoxy groups -OCH3 is 3. The van der Waals surface area contributed by atoms with Gasteiger partial charge in [-0.2, -0.15) is 0 Å². The number of hydrogen-bond donors (Lipinski definition) is 1. The molecule has 0 amide bonds. The molecule has 1 saturated heterocycles. The normalized spacial score (nSPS) is 17.7. The molecule has 2 aromatic carbocycles. The summed E-state index contributed by atoms with van der Waals surface area (Å²) in [5.41, 5.74) is 4.95. The van der Waals surface area contributed by atoms with Crippen molar-refractivity contribution in [1.82, 2.24) is 5.32 Å². The fraction of sp³-hybridized carbons (Fsp3) is 0.458. The van der Waals surface area contributed by atoms with Crippen LogP contribution in [0.15, 0.2) is 29.1 Å². The van der Waals surface area contributed by atoms with E-state index in [0.717, 1.165) is 66.7 Å². The van der Waals surface area contributed by atoms with Crippen LogP contribution in [0.2, 0.25) is 0 Å². The number of fused-ring (bicyclic) bond motifs is 3. The molecule has 0 unspecified atom stereocenters. The maximum atomic E-state index is 13.2. The van der Waals surface area contributed by atoms with Crippen LogP contribution in [-0.2, 0) is 6.42 Å². The number of ether oxygens (including phenoxy) is 3. The molecule has 1 N–H and O–H groups in total. The second-order valence-corrected chi connectivity index (χ2v) is 7.85. The van der Waals surface area contributed by atoms with Gasteiger partial charge in [-0.1, -0.05) is 6.07 Å². The predicted molar refractivity (Wildman–Crippen MR) is 119 cm³/mol. The third-order valence-corrected chi connectivity index (χ3v) is 6.31. The first-order valence-electron chi connectivity index (χ1n) is 10.6. The van der Waals surface area contributed by atoms with E-state index in [2.05, 4.69) is 16.3 Å². The van der Waals surface area contributed by atoms with Crippen molar-refractivity contribution < 1.29 is 14.2 Å². The molecule has 0 aromatic heterocycles. The Morgan fingerprint density at radius 3 is 2.37 bits per heavy atom. The van der Waals surface area contributed by atoms with Gasteiger partial charge in [-0.05, 0) is 67.6 Å². The lowest BCUT2D eigenvalue weighted by molar-refractivity contribution is 0.324. The molecule has 0 saturated carbocycles. The summed E-state index contributed by atoms with van der Waals surface area (Å²) in [7, 11) is 6.85. The van der Waals surface area contributed by atoms with E-state index in [9.17, 15) is 4.79 Å².